The average molecular weight is 244 g/mol. The van der Waals surface area contributed by atoms with Gasteiger partial charge in [0.1, 0.15) is 4.90 Å². The first-order valence-electron chi connectivity index (χ1n) is 4.32. The van der Waals surface area contributed by atoms with Crippen LogP contribution in [0.25, 0.3) is 0 Å². The number of nitrogens with two attached hydrogens (primary N) is 1. The molecule has 0 aliphatic rings. The van der Waals surface area contributed by atoms with Gasteiger partial charge in [0.05, 0.1) is 11.3 Å². The van der Waals surface area contributed by atoms with Gasteiger partial charge in [0, 0.05) is 14.1 Å². The van der Waals surface area contributed by atoms with Gasteiger partial charge >= 0.3 is 5.97 Å². The summed E-state index contributed by atoms with van der Waals surface area (Å²) in [5, 5.41) is 8.81. The third-order valence-corrected chi connectivity index (χ3v) is 3.93. The number of benzene rings is 1. The lowest BCUT2D eigenvalue weighted by Gasteiger charge is -2.14. The minimum Gasteiger partial charge on any atom is -0.478 e. The van der Waals surface area contributed by atoms with E-state index in [0.717, 1.165) is 4.31 Å². The highest BCUT2D eigenvalue weighted by molar-refractivity contribution is 7.89. The lowest BCUT2D eigenvalue weighted by molar-refractivity contribution is 0.0698. The molecule has 0 aromatic heterocycles. The van der Waals surface area contributed by atoms with Crippen LogP contribution in [0.5, 0.6) is 0 Å². The van der Waals surface area contributed by atoms with Crippen molar-refractivity contribution in [2.24, 2.45) is 0 Å². The summed E-state index contributed by atoms with van der Waals surface area (Å²) < 4.78 is 24.5. The van der Waals surface area contributed by atoms with Gasteiger partial charge in [-0.05, 0) is 12.1 Å². The van der Waals surface area contributed by atoms with Gasteiger partial charge in [-0.2, -0.15) is 0 Å². The van der Waals surface area contributed by atoms with Crippen LogP contribution in [0.2, 0.25) is 0 Å². The summed E-state index contributed by atoms with van der Waals surface area (Å²) in [5.74, 6) is -1.26. The average Bonchev–Trinajstić information content (AvgIpc) is 2.16. The van der Waals surface area contributed by atoms with Gasteiger partial charge in [-0.25, -0.2) is 17.5 Å². The molecule has 0 saturated carbocycles. The largest absolute Gasteiger partial charge is 0.478 e. The zero-order valence-corrected chi connectivity index (χ0v) is 9.65. The zero-order valence-electron chi connectivity index (χ0n) is 8.84. The Labute approximate surface area is 93.3 Å². The molecule has 1 aromatic rings. The molecule has 0 amide bonds. The van der Waals surface area contributed by atoms with E-state index in [2.05, 4.69) is 0 Å². The molecule has 6 nitrogen and oxygen atoms in total. The Bertz CT molecular complexity index is 522. The molecule has 0 radical (unpaired) electrons. The molecular formula is C9H12N2O4S. The van der Waals surface area contributed by atoms with Crippen molar-refractivity contribution < 1.29 is 18.3 Å². The number of sulfonamides is 1. The SMILES string of the molecule is CN(C)S(=O)(=O)c1cccc(C(=O)O)c1N. The highest BCUT2D eigenvalue weighted by atomic mass is 32.2. The lowest BCUT2D eigenvalue weighted by atomic mass is 10.2. The van der Waals surface area contributed by atoms with E-state index in [1.54, 1.807) is 0 Å². The highest BCUT2D eigenvalue weighted by Gasteiger charge is 2.23. The monoisotopic (exact) mass is 244 g/mol. The molecule has 88 valence electrons. The Hall–Kier alpha value is -1.60. The number of rotatable bonds is 3. The van der Waals surface area contributed by atoms with Crippen LogP contribution in [0, 0.1) is 0 Å². The second-order valence-corrected chi connectivity index (χ2v) is 5.43. The fourth-order valence-electron chi connectivity index (χ4n) is 1.15. The van der Waals surface area contributed by atoms with Gasteiger partial charge in [0.25, 0.3) is 0 Å². The standard InChI is InChI=1S/C9H12N2O4S/c1-11(2)16(14,15)7-5-3-4-6(8(7)10)9(12)13/h3-5H,10H2,1-2H3,(H,12,13). The highest BCUT2D eigenvalue weighted by Crippen LogP contribution is 2.24. The number of carbonyl (C=O) groups is 1. The van der Waals surface area contributed by atoms with E-state index in [1.807, 2.05) is 0 Å². The first-order valence-corrected chi connectivity index (χ1v) is 5.76. The van der Waals surface area contributed by atoms with E-state index in [-0.39, 0.29) is 16.1 Å². The fourth-order valence-corrected chi connectivity index (χ4v) is 2.18. The number of carboxylic acid groups (broad SMARTS) is 1. The Balaban J connectivity index is 3.49. The Morgan fingerprint density at radius 2 is 1.94 bits per heavy atom. The topological polar surface area (TPSA) is 101 Å². The number of nitrogens with zero attached hydrogens (tertiary/aromatic N) is 1. The molecule has 0 saturated heterocycles. The van der Waals surface area contributed by atoms with Crippen molar-refractivity contribution in [3.8, 4) is 0 Å². The smallest absolute Gasteiger partial charge is 0.337 e. The van der Waals surface area contributed by atoms with E-state index in [1.165, 1.54) is 32.3 Å². The molecule has 7 heteroatoms. The van der Waals surface area contributed by atoms with Gasteiger partial charge < -0.3 is 10.8 Å². The molecule has 1 rings (SSSR count). The number of carboxylic acids is 1. The molecule has 16 heavy (non-hydrogen) atoms. The first kappa shape index (κ1) is 12.5. The van der Waals surface area contributed by atoms with Gasteiger partial charge in [-0.1, -0.05) is 6.07 Å². The van der Waals surface area contributed by atoms with E-state index in [9.17, 15) is 13.2 Å². The van der Waals surface area contributed by atoms with Crippen LogP contribution in [0.3, 0.4) is 0 Å². The summed E-state index contributed by atoms with van der Waals surface area (Å²) in [6.45, 7) is 0. The second-order valence-electron chi connectivity index (χ2n) is 3.31. The summed E-state index contributed by atoms with van der Waals surface area (Å²) >= 11 is 0. The van der Waals surface area contributed by atoms with E-state index in [0.29, 0.717) is 0 Å². The van der Waals surface area contributed by atoms with Gasteiger partial charge in [0.2, 0.25) is 10.0 Å². The molecule has 0 heterocycles. The van der Waals surface area contributed by atoms with Crippen LogP contribution >= 0.6 is 0 Å². The number of aromatic carboxylic acids is 1. The van der Waals surface area contributed by atoms with Crippen molar-refractivity contribution in [1.29, 1.82) is 0 Å². The van der Waals surface area contributed by atoms with Crippen molar-refractivity contribution in [1.82, 2.24) is 4.31 Å². The van der Waals surface area contributed by atoms with Crippen molar-refractivity contribution in [3.05, 3.63) is 23.8 Å². The molecule has 0 atom stereocenters. The first-order chi connectivity index (χ1) is 7.28. The third kappa shape index (κ3) is 2.00. The number of nitrogen functional groups attached to an aromatic ring is 1. The maximum atomic E-state index is 11.8. The molecule has 3 N–H and O–H groups in total. The van der Waals surface area contributed by atoms with Crippen molar-refractivity contribution >= 4 is 21.7 Å². The summed E-state index contributed by atoms with van der Waals surface area (Å²) in [6.07, 6.45) is 0. The molecule has 0 aliphatic carbocycles. The van der Waals surface area contributed by atoms with Gasteiger partial charge in [-0.3, -0.25) is 0 Å². The molecular weight excluding hydrogens is 232 g/mol. The van der Waals surface area contributed by atoms with Crippen LogP contribution in [0.15, 0.2) is 23.1 Å². The Morgan fingerprint density at radius 3 is 2.38 bits per heavy atom. The normalized spacial score (nSPS) is 11.7. The predicted molar refractivity (Wildman–Crippen MR) is 58.7 cm³/mol. The minimum atomic E-state index is -3.72. The summed E-state index contributed by atoms with van der Waals surface area (Å²) in [7, 11) is -1.02. The number of hydrogen-bond acceptors (Lipinski definition) is 4. The van der Waals surface area contributed by atoms with Crippen LogP contribution in [0.1, 0.15) is 10.4 Å². The van der Waals surface area contributed by atoms with Gasteiger partial charge in [0.15, 0.2) is 0 Å². The molecule has 0 fully saturated rings. The summed E-state index contributed by atoms with van der Waals surface area (Å²) in [5.41, 5.74) is 5.06. The van der Waals surface area contributed by atoms with Gasteiger partial charge in [-0.15, -0.1) is 0 Å². The number of para-hydroxylation sites is 1. The zero-order chi connectivity index (χ0) is 12.5. The maximum absolute atomic E-state index is 11.8. The van der Waals surface area contributed by atoms with Crippen LogP contribution in [0.4, 0.5) is 5.69 Å². The fraction of sp³-hybridized carbons (Fsp3) is 0.222. The Kier molecular flexibility index (Phi) is 3.20. The molecule has 0 unspecified atom stereocenters. The lowest BCUT2D eigenvalue weighted by Crippen LogP contribution is -2.24. The number of hydrogen-bond donors (Lipinski definition) is 2. The second kappa shape index (κ2) is 4.11. The van der Waals surface area contributed by atoms with Crippen LogP contribution in [-0.2, 0) is 10.0 Å². The molecule has 0 bridgehead atoms. The summed E-state index contributed by atoms with van der Waals surface area (Å²) in [4.78, 5) is 10.6. The Morgan fingerprint density at radius 1 is 1.38 bits per heavy atom. The van der Waals surface area contributed by atoms with E-state index in [4.69, 9.17) is 10.8 Å². The van der Waals surface area contributed by atoms with Crippen LogP contribution in [-0.4, -0.2) is 37.9 Å². The molecule has 0 aliphatic heterocycles. The minimum absolute atomic E-state index is 0.197. The third-order valence-electron chi connectivity index (χ3n) is 2.06. The summed E-state index contributed by atoms with van der Waals surface area (Å²) in [6, 6.07) is 3.87. The van der Waals surface area contributed by atoms with Crippen molar-refractivity contribution in [2.45, 2.75) is 4.90 Å². The number of anilines is 1. The quantitative estimate of drug-likeness (QED) is 0.740. The predicted octanol–water partition coefficient (Wildman–Crippen LogP) is 0.217. The van der Waals surface area contributed by atoms with E-state index >= 15 is 0 Å². The van der Waals surface area contributed by atoms with E-state index < -0.39 is 16.0 Å². The van der Waals surface area contributed by atoms with Crippen molar-refractivity contribution in [3.63, 3.8) is 0 Å². The van der Waals surface area contributed by atoms with Crippen LogP contribution < -0.4 is 5.73 Å². The van der Waals surface area contributed by atoms with Crippen molar-refractivity contribution in [2.75, 3.05) is 19.8 Å². The maximum Gasteiger partial charge on any atom is 0.337 e. The molecule has 1 aromatic carbocycles. The molecule has 0 spiro atoms.